The van der Waals surface area contributed by atoms with E-state index in [1.54, 1.807) is 0 Å². The first-order valence-corrected chi connectivity index (χ1v) is 5.21. The molecule has 2 aliphatic heterocycles. The van der Waals surface area contributed by atoms with E-state index in [1.165, 1.54) is 11.1 Å². The molecule has 14 heavy (non-hydrogen) atoms. The van der Waals surface area contributed by atoms with Gasteiger partial charge in [-0.05, 0) is 11.1 Å². The molecular weight excluding hydrogens is 176 g/mol. The number of hydrogen-bond donors (Lipinski definition) is 0. The molecule has 0 bridgehead atoms. The fourth-order valence-corrected chi connectivity index (χ4v) is 2.50. The number of fused-ring (bicyclic) bond motifs is 2. The monoisotopic (exact) mass is 190 g/mol. The Labute approximate surface area is 83.8 Å². The standard InChI is InChI=1S/C12H14O2/c1-2-4-11-10(3-1)9-14-12(11)5-7-13-8-6-12/h1-4H,5-9H2. The molecule has 0 amide bonds. The lowest BCUT2D eigenvalue weighted by atomic mass is 9.86. The molecule has 74 valence electrons. The molecule has 1 aromatic rings. The van der Waals surface area contributed by atoms with Gasteiger partial charge in [0.05, 0.1) is 12.2 Å². The van der Waals surface area contributed by atoms with Gasteiger partial charge in [-0.3, -0.25) is 0 Å². The second-order valence-electron chi connectivity index (χ2n) is 4.05. The topological polar surface area (TPSA) is 18.5 Å². The molecule has 2 nitrogen and oxygen atoms in total. The zero-order chi connectivity index (χ0) is 9.43. The van der Waals surface area contributed by atoms with E-state index in [-0.39, 0.29) is 5.60 Å². The summed E-state index contributed by atoms with van der Waals surface area (Å²) < 4.78 is 11.4. The van der Waals surface area contributed by atoms with Crippen molar-refractivity contribution in [3.05, 3.63) is 35.4 Å². The van der Waals surface area contributed by atoms with E-state index >= 15 is 0 Å². The SMILES string of the molecule is c1ccc2c(c1)COC21CCOCC1. The van der Waals surface area contributed by atoms with Crippen molar-refractivity contribution < 1.29 is 9.47 Å². The van der Waals surface area contributed by atoms with Crippen molar-refractivity contribution in [1.82, 2.24) is 0 Å². The minimum Gasteiger partial charge on any atom is -0.381 e. The van der Waals surface area contributed by atoms with Crippen LogP contribution < -0.4 is 0 Å². The van der Waals surface area contributed by atoms with Gasteiger partial charge in [-0.1, -0.05) is 24.3 Å². The van der Waals surface area contributed by atoms with Crippen molar-refractivity contribution in [2.45, 2.75) is 25.0 Å². The first-order valence-electron chi connectivity index (χ1n) is 5.21. The average Bonchev–Trinajstić information content (AvgIpc) is 2.60. The van der Waals surface area contributed by atoms with Crippen LogP contribution in [0.3, 0.4) is 0 Å². The van der Waals surface area contributed by atoms with Crippen molar-refractivity contribution >= 4 is 0 Å². The van der Waals surface area contributed by atoms with Crippen LogP contribution in [0.15, 0.2) is 24.3 Å². The third-order valence-electron chi connectivity index (χ3n) is 3.31. The van der Waals surface area contributed by atoms with Gasteiger partial charge >= 0.3 is 0 Å². The fraction of sp³-hybridized carbons (Fsp3) is 0.500. The van der Waals surface area contributed by atoms with Crippen LogP contribution >= 0.6 is 0 Å². The van der Waals surface area contributed by atoms with Crippen LogP contribution in [-0.2, 0) is 21.7 Å². The van der Waals surface area contributed by atoms with Gasteiger partial charge in [0.1, 0.15) is 0 Å². The molecule has 0 saturated carbocycles. The van der Waals surface area contributed by atoms with Gasteiger partial charge in [-0.2, -0.15) is 0 Å². The first kappa shape index (κ1) is 8.45. The second kappa shape index (κ2) is 3.07. The Hall–Kier alpha value is -0.860. The summed E-state index contributed by atoms with van der Waals surface area (Å²) in [7, 11) is 0. The molecule has 0 aromatic heterocycles. The summed E-state index contributed by atoms with van der Waals surface area (Å²) in [4.78, 5) is 0. The van der Waals surface area contributed by atoms with E-state index in [4.69, 9.17) is 9.47 Å². The van der Waals surface area contributed by atoms with Gasteiger partial charge in [0, 0.05) is 26.1 Å². The summed E-state index contributed by atoms with van der Waals surface area (Å²) in [6.07, 6.45) is 2.01. The molecule has 0 unspecified atom stereocenters. The van der Waals surface area contributed by atoms with Crippen molar-refractivity contribution in [1.29, 1.82) is 0 Å². The first-order chi connectivity index (χ1) is 6.91. The van der Waals surface area contributed by atoms with Crippen LogP contribution in [0.5, 0.6) is 0 Å². The Morgan fingerprint density at radius 2 is 1.86 bits per heavy atom. The Morgan fingerprint density at radius 3 is 2.71 bits per heavy atom. The molecule has 2 aliphatic rings. The highest BCUT2D eigenvalue weighted by atomic mass is 16.5. The van der Waals surface area contributed by atoms with Crippen molar-refractivity contribution in [2.75, 3.05) is 13.2 Å². The summed E-state index contributed by atoms with van der Waals surface area (Å²) in [5, 5.41) is 0. The summed E-state index contributed by atoms with van der Waals surface area (Å²) in [5.41, 5.74) is 2.73. The lowest BCUT2D eigenvalue weighted by Gasteiger charge is -2.33. The quantitative estimate of drug-likeness (QED) is 0.624. The second-order valence-corrected chi connectivity index (χ2v) is 4.05. The van der Waals surface area contributed by atoms with Crippen LogP contribution in [0, 0.1) is 0 Å². The van der Waals surface area contributed by atoms with Gasteiger partial charge in [0.25, 0.3) is 0 Å². The summed E-state index contributed by atoms with van der Waals surface area (Å²) in [6, 6.07) is 8.55. The number of hydrogen-bond acceptors (Lipinski definition) is 2. The molecule has 2 heterocycles. The van der Waals surface area contributed by atoms with Gasteiger partial charge in [0.15, 0.2) is 0 Å². The van der Waals surface area contributed by atoms with Gasteiger partial charge in [-0.15, -0.1) is 0 Å². The van der Waals surface area contributed by atoms with Crippen molar-refractivity contribution in [3.63, 3.8) is 0 Å². The number of ether oxygens (including phenoxy) is 2. The zero-order valence-electron chi connectivity index (χ0n) is 8.16. The van der Waals surface area contributed by atoms with Gasteiger partial charge in [0.2, 0.25) is 0 Å². The van der Waals surface area contributed by atoms with Crippen molar-refractivity contribution in [3.8, 4) is 0 Å². The van der Waals surface area contributed by atoms with Crippen LogP contribution in [0.1, 0.15) is 24.0 Å². The van der Waals surface area contributed by atoms with Crippen LogP contribution in [-0.4, -0.2) is 13.2 Å². The van der Waals surface area contributed by atoms with Gasteiger partial charge in [-0.25, -0.2) is 0 Å². The highest BCUT2D eigenvalue weighted by molar-refractivity contribution is 5.35. The van der Waals surface area contributed by atoms with E-state index in [0.717, 1.165) is 32.7 Å². The fourth-order valence-electron chi connectivity index (χ4n) is 2.50. The number of rotatable bonds is 0. The van der Waals surface area contributed by atoms with E-state index < -0.39 is 0 Å². The lowest BCUT2D eigenvalue weighted by Crippen LogP contribution is -2.33. The van der Waals surface area contributed by atoms with Crippen LogP contribution in [0.4, 0.5) is 0 Å². The van der Waals surface area contributed by atoms with E-state index in [1.807, 2.05) is 0 Å². The molecule has 0 N–H and O–H groups in total. The molecular formula is C12H14O2. The van der Waals surface area contributed by atoms with E-state index in [9.17, 15) is 0 Å². The minimum atomic E-state index is -0.0190. The average molecular weight is 190 g/mol. The molecule has 2 heteroatoms. The predicted molar refractivity (Wildman–Crippen MR) is 53.0 cm³/mol. The zero-order valence-corrected chi connectivity index (χ0v) is 8.16. The van der Waals surface area contributed by atoms with Crippen molar-refractivity contribution in [2.24, 2.45) is 0 Å². The molecule has 0 aliphatic carbocycles. The molecule has 1 fully saturated rings. The molecule has 1 spiro atoms. The van der Waals surface area contributed by atoms with Crippen LogP contribution in [0.25, 0.3) is 0 Å². The summed E-state index contributed by atoms with van der Waals surface area (Å²) in [6.45, 7) is 2.43. The third-order valence-corrected chi connectivity index (χ3v) is 3.31. The molecule has 1 aromatic carbocycles. The minimum absolute atomic E-state index is 0.0190. The lowest BCUT2D eigenvalue weighted by molar-refractivity contribution is -0.107. The molecule has 0 radical (unpaired) electrons. The third kappa shape index (κ3) is 1.11. The maximum atomic E-state index is 5.97. The maximum Gasteiger partial charge on any atom is 0.0983 e. The van der Waals surface area contributed by atoms with E-state index in [0.29, 0.717) is 0 Å². The highest BCUT2D eigenvalue weighted by Crippen LogP contribution is 2.43. The van der Waals surface area contributed by atoms with E-state index in [2.05, 4.69) is 24.3 Å². The molecule has 0 atom stereocenters. The predicted octanol–water partition coefficient (Wildman–Crippen LogP) is 2.22. The van der Waals surface area contributed by atoms with Gasteiger partial charge < -0.3 is 9.47 Å². The Bertz CT molecular complexity index is 334. The largest absolute Gasteiger partial charge is 0.381 e. The maximum absolute atomic E-state index is 5.97. The highest BCUT2D eigenvalue weighted by Gasteiger charge is 2.40. The Balaban J connectivity index is 2.03. The van der Waals surface area contributed by atoms with Crippen LogP contribution in [0.2, 0.25) is 0 Å². The number of benzene rings is 1. The Kier molecular flexibility index (Phi) is 1.85. The molecule has 3 rings (SSSR count). The normalized spacial score (nSPS) is 23.7. The summed E-state index contributed by atoms with van der Waals surface area (Å²) >= 11 is 0. The Morgan fingerprint density at radius 1 is 1.07 bits per heavy atom. The molecule has 1 saturated heterocycles. The summed E-state index contributed by atoms with van der Waals surface area (Å²) in [5.74, 6) is 0. The smallest absolute Gasteiger partial charge is 0.0983 e.